The van der Waals surface area contributed by atoms with Crippen molar-refractivity contribution in [3.05, 3.63) is 64.1 Å². The molecule has 0 radical (unpaired) electrons. The van der Waals surface area contributed by atoms with Crippen molar-refractivity contribution in [2.24, 2.45) is 0 Å². The largest absolute Gasteiger partial charge is 0.343 e. The van der Waals surface area contributed by atoms with Crippen LogP contribution in [0.4, 0.5) is 5.69 Å². The van der Waals surface area contributed by atoms with Gasteiger partial charge in [0.15, 0.2) is 0 Å². The van der Waals surface area contributed by atoms with E-state index >= 15 is 0 Å². The lowest BCUT2D eigenvalue weighted by atomic mass is 10.2. The molecule has 1 fully saturated rings. The summed E-state index contributed by atoms with van der Waals surface area (Å²) in [6.45, 7) is 3.21. The Balaban J connectivity index is 1.46. The molecule has 0 aliphatic carbocycles. The average molecular weight is 416 g/mol. The minimum absolute atomic E-state index is 0.0686. The molecule has 2 aromatic rings. The van der Waals surface area contributed by atoms with Gasteiger partial charge in [0.25, 0.3) is 5.91 Å². The zero-order valence-electron chi connectivity index (χ0n) is 14.5. The van der Waals surface area contributed by atoms with Gasteiger partial charge in [0.05, 0.1) is 6.54 Å². The lowest BCUT2D eigenvalue weighted by Crippen LogP contribution is -2.32. The summed E-state index contributed by atoms with van der Waals surface area (Å²) < 4.78 is 0.823. The van der Waals surface area contributed by atoms with Crippen LogP contribution in [0.25, 0.3) is 0 Å². The third kappa shape index (κ3) is 5.41. The Kier molecular flexibility index (Phi) is 6.41. The molecular formula is C20H22BrN3O2. The van der Waals surface area contributed by atoms with Crippen molar-refractivity contribution in [2.45, 2.75) is 19.4 Å². The SMILES string of the molecule is O=C(CNC(=O)c1cccc(Br)c1)Nc1ccc(CN2CCCC2)cc1. The molecule has 136 valence electrons. The number of nitrogens with one attached hydrogen (secondary N) is 2. The van der Waals surface area contributed by atoms with Crippen LogP contribution in [0, 0.1) is 0 Å². The second kappa shape index (κ2) is 8.96. The number of anilines is 1. The third-order valence-electron chi connectivity index (χ3n) is 4.34. The predicted octanol–water partition coefficient (Wildman–Crippen LogP) is 3.41. The molecule has 2 amide bonds. The first-order valence-corrected chi connectivity index (χ1v) is 9.54. The summed E-state index contributed by atoms with van der Waals surface area (Å²) >= 11 is 3.33. The molecule has 0 bridgehead atoms. The van der Waals surface area contributed by atoms with E-state index in [1.54, 1.807) is 18.2 Å². The Labute approximate surface area is 161 Å². The molecule has 2 N–H and O–H groups in total. The number of carbonyl (C=O) groups is 2. The number of rotatable bonds is 6. The molecule has 1 heterocycles. The molecule has 0 aromatic heterocycles. The summed E-state index contributed by atoms with van der Waals surface area (Å²) in [6.07, 6.45) is 2.56. The number of halogens is 1. The van der Waals surface area contributed by atoms with Crippen LogP contribution in [0.5, 0.6) is 0 Å². The molecule has 6 heteroatoms. The van der Waals surface area contributed by atoms with Crippen molar-refractivity contribution in [3.63, 3.8) is 0 Å². The first-order chi connectivity index (χ1) is 12.6. The number of amides is 2. The van der Waals surface area contributed by atoms with E-state index in [2.05, 4.69) is 31.5 Å². The fraction of sp³-hybridized carbons (Fsp3) is 0.300. The number of likely N-dealkylation sites (tertiary alicyclic amines) is 1. The fourth-order valence-electron chi connectivity index (χ4n) is 2.99. The minimum Gasteiger partial charge on any atom is -0.343 e. The molecule has 1 saturated heterocycles. The second-order valence-electron chi connectivity index (χ2n) is 6.42. The van der Waals surface area contributed by atoms with Crippen LogP contribution in [0.3, 0.4) is 0 Å². The maximum atomic E-state index is 12.0. The summed E-state index contributed by atoms with van der Waals surface area (Å²) in [4.78, 5) is 26.5. The van der Waals surface area contributed by atoms with Crippen molar-refractivity contribution in [1.29, 1.82) is 0 Å². The Morgan fingerprint density at radius 2 is 1.77 bits per heavy atom. The van der Waals surface area contributed by atoms with Crippen molar-refractivity contribution in [1.82, 2.24) is 10.2 Å². The average Bonchev–Trinajstić information content (AvgIpc) is 3.14. The summed E-state index contributed by atoms with van der Waals surface area (Å²) in [5, 5.41) is 5.43. The highest BCUT2D eigenvalue weighted by Gasteiger charge is 2.12. The van der Waals surface area contributed by atoms with Crippen LogP contribution in [0.1, 0.15) is 28.8 Å². The molecular weight excluding hydrogens is 394 g/mol. The van der Waals surface area contributed by atoms with E-state index in [0.29, 0.717) is 5.56 Å². The highest BCUT2D eigenvalue weighted by Crippen LogP contribution is 2.15. The van der Waals surface area contributed by atoms with Crippen LogP contribution in [-0.2, 0) is 11.3 Å². The van der Waals surface area contributed by atoms with Crippen LogP contribution < -0.4 is 10.6 Å². The number of hydrogen-bond acceptors (Lipinski definition) is 3. The zero-order chi connectivity index (χ0) is 18.4. The van der Waals surface area contributed by atoms with Gasteiger partial charge in [-0.3, -0.25) is 14.5 Å². The number of hydrogen-bond donors (Lipinski definition) is 2. The summed E-state index contributed by atoms with van der Waals surface area (Å²) in [5.41, 5.74) is 2.49. The van der Waals surface area contributed by atoms with Crippen molar-refractivity contribution < 1.29 is 9.59 Å². The van der Waals surface area contributed by atoms with Crippen LogP contribution in [-0.4, -0.2) is 36.3 Å². The van der Waals surface area contributed by atoms with Gasteiger partial charge in [0.2, 0.25) is 5.91 Å². The number of nitrogens with zero attached hydrogens (tertiary/aromatic N) is 1. The summed E-state index contributed by atoms with van der Waals surface area (Å²) in [6, 6.07) is 14.9. The zero-order valence-corrected chi connectivity index (χ0v) is 16.1. The molecule has 0 spiro atoms. The smallest absolute Gasteiger partial charge is 0.251 e. The Morgan fingerprint density at radius 1 is 1.04 bits per heavy atom. The Hall–Kier alpha value is -2.18. The Morgan fingerprint density at radius 3 is 2.46 bits per heavy atom. The first kappa shape index (κ1) is 18.6. The van der Waals surface area contributed by atoms with Crippen molar-refractivity contribution in [3.8, 4) is 0 Å². The van der Waals surface area contributed by atoms with E-state index in [0.717, 1.165) is 29.8 Å². The van der Waals surface area contributed by atoms with Gasteiger partial charge in [-0.15, -0.1) is 0 Å². The number of benzene rings is 2. The van der Waals surface area contributed by atoms with Gasteiger partial charge in [0, 0.05) is 22.3 Å². The molecule has 0 unspecified atom stereocenters. The molecule has 0 atom stereocenters. The van der Waals surface area contributed by atoms with E-state index in [4.69, 9.17) is 0 Å². The number of carbonyl (C=O) groups excluding carboxylic acids is 2. The molecule has 1 aliphatic rings. The van der Waals surface area contributed by atoms with E-state index in [1.165, 1.54) is 18.4 Å². The summed E-state index contributed by atoms with van der Waals surface area (Å²) in [7, 11) is 0. The van der Waals surface area contributed by atoms with Crippen molar-refractivity contribution >= 4 is 33.4 Å². The maximum Gasteiger partial charge on any atom is 0.251 e. The monoisotopic (exact) mass is 415 g/mol. The lowest BCUT2D eigenvalue weighted by Gasteiger charge is -2.14. The second-order valence-corrected chi connectivity index (χ2v) is 7.34. The van der Waals surface area contributed by atoms with Gasteiger partial charge in [-0.05, 0) is 61.8 Å². The van der Waals surface area contributed by atoms with Gasteiger partial charge in [-0.2, -0.15) is 0 Å². The highest BCUT2D eigenvalue weighted by molar-refractivity contribution is 9.10. The van der Waals surface area contributed by atoms with E-state index < -0.39 is 0 Å². The molecule has 2 aromatic carbocycles. The van der Waals surface area contributed by atoms with Gasteiger partial charge >= 0.3 is 0 Å². The van der Waals surface area contributed by atoms with Crippen molar-refractivity contribution in [2.75, 3.05) is 25.0 Å². The maximum absolute atomic E-state index is 12.0. The highest BCUT2D eigenvalue weighted by atomic mass is 79.9. The standard InChI is InChI=1S/C20H22BrN3O2/c21-17-5-3-4-16(12-17)20(26)22-13-19(25)23-18-8-6-15(7-9-18)14-24-10-1-2-11-24/h3-9,12H,1-2,10-11,13-14H2,(H,22,26)(H,23,25). The minimum atomic E-state index is -0.276. The van der Waals surface area contributed by atoms with Gasteiger partial charge in [0.1, 0.15) is 0 Å². The van der Waals surface area contributed by atoms with Gasteiger partial charge in [-0.1, -0.05) is 34.1 Å². The quantitative estimate of drug-likeness (QED) is 0.759. The van der Waals surface area contributed by atoms with E-state index in [9.17, 15) is 9.59 Å². The molecule has 26 heavy (non-hydrogen) atoms. The molecule has 5 nitrogen and oxygen atoms in total. The van der Waals surface area contributed by atoms with Gasteiger partial charge in [-0.25, -0.2) is 0 Å². The summed E-state index contributed by atoms with van der Waals surface area (Å²) in [5.74, 6) is -0.525. The predicted molar refractivity (Wildman–Crippen MR) is 106 cm³/mol. The molecule has 1 aliphatic heterocycles. The van der Waals surface area contributed by atoms with Gasteiger partial charge < -0.3 is 10.6 Å². The normalized spacial score (nSPS) is 14.2. The van der Waals surface area contributed by atoms with Crippen LogP contribution in [0.15, 0.2) is 53.0 Å². The topological polar surface area (TPSA) is 61.4 Å². The molecule has 0 saturated carbocycles. The van der Waals surface area contributed by atoms with Crippen LogP contribution in [0.2, 0.25) is 0 Å². The molecule has 3 rings (SSSR count). The van der Waals surface area contributed by atoms with E-state index in [1.807, 2.05) is 30.3 Å². The van der Waals surface area contributed by atoms with Crippen LogP contribution >= 0.6 is 15.9 Å². The fourth-order valence-corrected chi connectivity index (χ4v) is 3.39. The van der Waals surface area contributed by atoms with E-state index in [-0.39, 0.29) is 18.4 Å². The third-order valence-corrected chi connectivity index (χ3v) is 4.83. The lowest BCUT2D eigenvalue weighted by molar-refractivity contribution is -0.115. The Bertz CT molecular complexity index is 771. The first-order valence-electron chi connectivity index (χ1n) is 8.75.